The van der Waals surface area contributed by atoms with Crippen LogP contribution in [0.15, 0.2) is 0 Å². The van der Waals surface area contributed by atoms with Crippen molar-refractivity contribution in [2.45, 2.75) is 25.6 Å². The van der Waals surface area contributed by atoms with E-state index >= 15 is 0 Å². The number of halogens is 1. The number of carbonyl (C=O) groups is 1. The minimum absolute atomic E-state index is 0.0170. The fourth-order valence-corrected chi connectivity index (χ4v) is 2.18. The molecule has 4 heteroatoms. The molecule has 0 aromatic carbocycles. The van der Waals surface area contributed by atoms with Gasteiger partial charge in [0.05, 0.1) is 0 Å². The van der Waals surface area contributed by atoms with Crippen LogP contribution in [0.25, 0.3) is 0 Å². The molecule has 0 bridgehead atoms. The van der Waals surface area contributed by atoms with Crippen LogP contribution in [0.2, 0.25) is 0 Å². The Morgan fingerprint density at radius 2 is 2.29 bits per heavy atom. The maximum absolute atomic E-state index is 11.6. The van der Waals surface area contributed by atoms with Gasteiger partial charge in [-0.15, -0.1) is 11.6 Å². The van der Waals surface area contributed by atoms with Gasteiger partial charge in [-0.05, 0) is 25.2 Å². The minimum Gasteiger partial charge on any atom is -0.396 e. The van der Waals surface area contributed by atoms with Crippen LogP contribution in [0.5, 0.6) is 0 Å². The molecular weight excluding hydrogens is 202 g/mol. The van der Waals surface area contributed by atoms with Crippen LogP contribution in [0.3, 0.4) is 0 Å². The maximum atomic E-state index is 11.6. The molecule has 1 aliphatic heterocycles. The highest BCUT2D eigenvalue weighted by molar-refractivity contribution is 6.30. The quantitative estimate of drug-likeness (QED) is 0.707. The van der Waals surface area contributed by atoms with Crippen LogP contribution >= 0.6 is 11.6 Å². The standard InChI is InChI=1S/C10H18ClNO2/c1-7-3-9(6-13)5-12(4-7)10(14)8(2)11/h7-9,13H,3-6H2,1-2H3. The maximum Gasteiger partial charge on any atom is 0.240 e. The van der Waals surface area contributed by atoms with Crippen LogP contribution in [0.4, 0.5) is 0 Å². The molecule has 3 nitrogen and oxygen atoms in total. The molecule has 1 heterocycles. The largest absolute Gasteiger partial charge is 0.396 e. The second-order valence-corrected chi connectivity index (χ2v) is 4.90. The van der Waals surface area contributed by atoms with E-state index in [0.717, 1.165) is 13.0 Å². The van der Waals surface area contributed by atoms with Crippen LogP contribution in [-0.4, -0.2) is 41.0 Å². The molecular formula is C10H18ClNO2. The van der Waals surface area contributed by atoms with Gasteiger partial charge in [0.25, 0.3) is 0 Å². The number of hydrogen-bond donors (Lipinski definition) is 1. The molecule has 82 valence electrons. The predicted octanol–water partition coefficient (Wildman–Crippen LogP) is 1.09. The van der Waals surface area contributed by atoms with Crippen molar-refractivity contribution >= 4 is 17.5 Å². The van der Waals surface area contributed by atoms with Gasteiger partial charge in [-0.3, -0.25) is 4.79 Å². The third-order valence-electron chi connectivity index (χ3n) is 2.66. The number of rotatable bonds is 2. The van der Waals surface area contributed by atoms with Gasteiger partial charge in [0, 0.05) is 19.7 Å². The van der Waals surface area contributed by atoms with E-state index in [4.69, 9.17) is 16.7 Å². The lowest BCUT2D eigenvalue weighted by molar-refractivity contribution is -0.133. The molecule has 1 rings (SSSR count). The van der Waals surface area contributed by atoms with Gasteiger partial charge >= 0.3 is 0 Å². The zero-order valence-electron chi connectivity index (χ0n) is 8.74. The molecule has 0 saturated carbocycles. The highest BCUT2D eigenvalue weighted by Crippen LogP contribution is 2.22. The third kappa shape index (κ3) is 2.85. The molecule has 0 aromatic heterocycles. The molecule has 1 aliphatic rings. The van der Waals surface area contributed by atoms with E-state index in [9.17, 15) is 4.79 Å². The van der Waals surface area contributed by atoms with Crippen molar-refractivity contribution in [3.63, 3.8) is 0 Å². The molecule has 0 aliphatic carbocycles. The summed E-state index contributed by atoms with van der Waals surface area (Å²) in [5, 5.41) is 8.62. The molecule has 3 unspecified atom stereocenters. The van der Waals surface area contributed by atoms with Crippen molar-refractivity contribution < 1.29 is 9.90 Å². The second-order valence-electron chi connectivity index (χ2n) is 4.25. The SMILES string of the molecule is CC1CC(CO)CN(C(=O)C(C)Cl)C1. The van der Waals surface area contributed by atoms with E-state index in [-0.39, 0.29) is 18.4 Å². The summed E-state index contributed by atoms with van der Waals surface area (Å²) in [7, 11) is 0. The first-order valence-corrected chi connectivity index (χ1v) is 5.52. The van der Waals surface area contributed by atoms with E-state index in [1.165, 1.54) is 0 Å². The first-order chi connectivity index (χ1) is 6.54. The third-order valence-corrected chi connectivity index (χ3v) is 2.84. The first-order valence-electron chi connectivity index (χ1n) is 5.08. The van der Waals surface area contributed by atoms with Gasteiger partial charge < -0.3 is 10.0 Å². The summed E-state index contributed by atoms with van der Waals surface area (Å²) in [6.45, 7) is 5.37. The van der Waals surface area contributed by atoms with Gasteiger partial charge in [0.1, 0.15) is 5.38 Å². The Morgan fingerprint density at radius 1 is 1.64 bits per heavy atom. The lowest BCUT2D eigenvalue weighted by atomic mass is 9.91. The molecule has 1 saturated heterocycles. The number of piperidine rings is 1. The smallest absolute Gasteiger partial charge is 0.240 e. The van der Waals surface area contributed by atoms with Gasteiger partial charge in [0.15, 0.2) is 0 Å². The van der Waals surface area contributed by atoms with Gasteiger partial charge in [-0.1, -0.05) is 6.92 Å². The summed E-state index contributed by atoms with van der Waals surface area (Å²) in [6.07, 6.45) is 0.997. The van der Waals surface area contributed by atoms with E-state index < -0.39 is 5.38 Å². The zero-order valence-corrected chi connectivity index (χ0v) is 9.50. The van der Waals surface area contributed by atoms with Crippen LogP contribution in [0, 0.1) is 11.8 Å². The Hall–Kier alpha value is -0.280. The van der Waals surface area contributed by atoms with Crippen molar-refractivity contribution in [2.75, 3.05) is 19.7 Å². The molecule has 0 spiro atoms. The normalized spacial score (nSPS) is 30.1. The number of carbonyl (C=O) groups excluding carboxylic acids is 1. The molecule has 0 radical (unpaired) electrons. The summed E-state index contributed by atoms with van der Waals surface area (Å²) in [4.78, 5) is 13.4. The minimum atomic E-state index is -0.459. The summed E-state index contributed by atoms with van der Waals surface area (Å²) < 4.78 is 0. The zero-order chi connectivity index (χ0) is 10.7. The van der Waals surface area contributed by atoms with Crippen molar-refractivity contribution in [1.82, 2.24) is 4.90 Å². The average molecular weight is 220 g/mol. The number of aliphatic hydroxyl groups is 1. The van der Waals surface area contributed by atoms with Crippen LogP contribution < -0.4 is 0 Å². The van der Waals surface area contributed by atoms with Gasteiger partial charge in [-0.2, -0.15) is 0 Å². The van der Waals surface area contributed by atoms with E-state index in [1.54, 1.807) is 11.8 Å². The van der Waals surface area contributed by atoms with Crippen molar-refractivity contribution in [3.8, 4) is 0 Å². The van der Waals surface area contributed by atoms with E-state index in [1.807, 2.05) is 0 Å². The monoisotopic (exact) mass is 219 g/mol. The van der Waals surface area contributed by atoms with Crippen molar-refractivity contribution in [3.05, 3.63) is 0 Å². The number of alkyl halides is 1. The predicted molar refractivity (Wildman–Crippen MR) is 56.3 cm³/mol. The molecule has 1 amide bonds. The highest BCUT2D eigenvalue weighted by atomic mass is 35.5. The summed E-state index contributed by atoms with van der Waals surface area (Å²) in [5.41, 5.74) is 0. The Balaban J connectivity index is 2.57. The molecule has 1 N–H and O–H groups in total. The lowest BCUT2D eigenvalue weighted by Crippen LogP contribution is -2.46. The molecule has 3 atom stereocenters. The number of likely N-dealkylation sites (tertiary alicyclic amines) is 1. The second kappa shape index (κ2) is 4.99. The Kier molecular flexibility index (Phi) is 4.20. The number of amides is 1. The Bertz CT molecular complexity index is 208. The van der Waals surface area contributed by atoms with E-state index in [2.05, 4.69) is 6.92 Å². The average Bonchev–Trinajstić information content (AvgIpc) is 2.15. The fraction of sp³-hybridized carbons (Fsp3) is 0.900. The van der Waals surface area contributed by atoms with Crippen LogP contribution in [-0.2, 0) is 4.79 Å². The molecule has 1 fully saturated rings. The Morgan fingerprint density at radius 3 is 2.79 bits per heavy atom. The van der Waals surface area contributed by atoms with Gasteiger partial charge in [0.2, 0.25) is 5.91 Å². The number of hydrogen-bond acceptors (Lipinski definition) is 2. The summed E-state index contributed by atoms with van der Waals surface area (Å²) in [5.74, 6) is 0.662. The van der Waals surface area contributed by atoms with Crippen LogP contribution in [0.1, 0.15) is 20.3 Å². The van der Waals surface area contributed by atoms with E-state index in [0.29, 0.717) is 12.5 Å². The molecule has 14 heavy (non-hydrogen) atoms. The fourth-order valence-electron chi connectivity index (χ4n) is 2.04. The summed E-state index contributed by atoms with van der Waals surface area (Å²) in [6, 6.07) is 0. The molecule has 0 aromatic rings. The topological polar surface area (TPSA) is 40.5 Å². The Labute approximate surface area is 90.0 Å². The number of aliphatic hydroxyl groups excluding tert-OH is 1. The summed E-state index contributed by atoms with van der Waals surface area (Å²) >= 11 is 5.75. The number of nitrogens with zero attached hydrogens (tertiary/aromatic N) is 1. The highest BCUT2D eigenvalue weighted by Gasteiger charge is 2.28. The lowest BCUT2D eigenvalue weighted by Gasteiger charge is -2.36. The van der Waals surface area contributed by atoms with Crippen molar-refractivity contribution in [2.24, 2.45) is 11.8 Å². The van der Waals surface area contributed by atoms with Gasteiger partial charge in [-0.25, -0.2) is 0 Å². The van der Waals surface area contributed by atoms with Crippen molar-refractivity contribution in [1.29, 1.82) is 0 Å². The first kappa shape index (κ1) is 11.8.